The molecule has 1 heterocycles. The molecule has 1 aliphatic heterocycles. The zero-order valence-electron chi connectivity index (χ0n) is 17.8. The molecule has 2 aliphatic rings. The zero-order valence-corrected chi connectivity index (χ0v) is 18.6. The molecule has 0 aromatic heterocycles. The first kappa shape index (κ1) is 21.8. The summed E-state index contributed by atoms with van der Waals surface area (Å²) < 4.78 is 35.4. The van der Waals surface area contributed by atoms with Crippen LogP contribution in [-0.2, 0) is 31.9 Å². The maximum absolute atomic E-state index is 12.5. The molecule has 166 valence electrons. The fraction of sp³-hybridized carbons (Fsp3) is 0.458. The molecular formula is C24H29NO5S. The van der Waals surface area contributed by atoms with Gasteiger partial charge in [0.15, 0.2) is 0 Å². The molecule has 1 amide bonds. The zero-order chi connectivity index (χ0) is 21.8. The Bertz CT molecular complexity index is 1030. The molecule has 31 heavy (non-hydrogen) atoms. The lowest BCUT2D eigenvalue weighted by Crippen LogP contribution is -2.31. The third-order valence-electron chi connectivity index (χ3n) is 6.22. The molecule has 0 saturated carbocycles. The van der Waals surface area contributed by atoms with Crippen molar-refractivity contribution in [1.82, 2.24) is 5.32 Å². The fourth-order valence-electron chi connectivity index (χ4n) is 4.34. The lowest BCUT2D eigenvalue weighted by atomic mass is 9.82. The van der Waals surface area contributed by atoms with E-state index in [0.717, 1.165) is 37.7 Å². The number of alkyl carbamates (subject to hydrolysis) is 1. The van der Waals surface area contributed by atoms with Gasteiger partial charge in [0.25, 0.3) is 10.1 Å². The smallest absolute Gasteiger partial charge is 0.407 e. The van der Waals surface area contributed by atoms with Crippen LogP contribution in [0.5, 0.6) is 0 Å². The predicted octanol–water partition coefficient (Wildman–Crippen LogP) is 4.11. The van der Waals surface area contributed by atoms with E-state index in [1.165, 1.54) is 16.7 Å². The summed E-state index contributed by atoms with van der Waals surface area (Å²) in [4.78, 5) is 11.7. The summed E-state index contributed by atoms with van der Waals surface area (Å²) in [7, 11) is -3.73. The first-order valence-corrected chi connectivity index (χ1v) is 12.3. The lowest BCUT2D eigenvalue weighted by Gasteiger charge is -2.27. The molecule has 1 saturated heterocycles. The average Bonchev–Trinajstić information content (AvgIpc) is 2.75. The summed E-state index contributed by atoms with van der Waals surface area (Å²) in [6.07, 6.45) is 4.12. The Balaban J connectivity index is 1.38. The highest BCUT2D eigenvalue weighted by Crippen LogP contribution is 2.31. The Labute approximate surface area is 184 Å². The highest BCUT2D eigenvalue weighted by molar-refractivity contribution is 7.86. The Morgan fingerprint density at radius 1 is 1.10 bits per heavy atom. The second-order valence-corrected chi connectivity index (χ2v) is 10.2. The first-order valence-electron chi connectivity index (χ1n) is 10.9. The molecule has 0 spiro atoms. The van der Waals surface area contributed by atoms with Gasteiger partial charge in [-0.2, -0.15) is 8.42 Å². The number of carbonyl (C=O) groups excluding carboxylic acids is 1. The topological polar surface area (TPSA) is 81.7 Å². The van der Waals surface area contributed by atoms with E-state index < -0.39 is 10.1 Å². The van der Waals surface area contributed by atoms with Crippen molar-refractivity contribution in [3.8, 4) is 0 Å². The van der Waals surface area contributed by atoms with Crippen molar-refractivity contribution in [3.63, 3.8) is 0 Å². The number of fused-ring (bicyclic) bond motifs is 1. The Hall–Kier alpha value is -2.38. The van der Waals surface area contributed by atoms with E-state index in [9.17, 15) is 13.2 Å². The molecule has 2 aromatic carbocycles. The number of rotatable bonds is 5. The summed E-state index contributed by atoms with van der Waals surface area (Å²) in [5, 5.41) is 2.83. The standard InChI is InChI=1S/C24H29NO5S/c1-17-4-10-23(11-5-17)31(27,28)30-16-18-6-7-20-14-21(9-8-19(20)13-18)22-3-2-12-29-24(26)25-15-22/h4-5,8-11,14,18,22H,2-3,6-7,12-13,15-16H2,1H3,(H,25,26)/t18-,22-/m0/s1. The van der Waals surface area contributed by atoms with Crippen LogP contribution >= 0.6 is 0 Å². The SMILES string of the molecule is Cc1ccc(S(=O)(=O)OC[C@H]2CCc3cc([C@H]4CCCOC(=O)NC4)ccc3C2)cc1. The minimum Gasteiger partial charge on any atom is -0.450 e. The van der Waals surface area contributed by atoms with Crippen molar-refractivity contribution in [2.24, 2.45) is 5.92 Å². The van der Waals surface area contributed by atoms with Crippen LogP contribution in [0.15, 0.2) is 47.4 Å². The van der Waals surface area contributed by atoms with Crippen LogP contribution in [0, 0.1) is 12.8 Å². The molecule has 2 aromatic rings. The number of cyclic esters (lactones) is 1. The second kappa shape index (κ2) is 9.40. The van der Waals surface area contributed by atoms with Crippen LogP contribution in [-0.4, -0.2) is 34.3 Å². The average molecular weight is 444 g/mol. The van der Waals surface area contributed by atoms with Gasteiger partial charge >= 0.3 is 6.09 Å². The highest BCUT2D eigenvalue weighted by Gasteiger charge is 2.24. The quantitative estimate of drug-likeness (QED) is 0.704. The Kier molecular flexibility index (Phi) is 6.62. The second-order valence-electron chi connectivity index (χ2n) is 8.54. The van der Waals surface area contributed by atoms with E-state index in [-0.39, 0.29) is 23.5 Å². The van der Waals surface area contributed by atoms with Gasteiger partial charge in [0.05, 0.1) is 18.1 Å². The van der Waals surface area contributed by atoms with E-state index in [1.807, 2.05) is 6.92 Å². The number of carbonyl (C=O) groups is 1. The van der Waals surface area contributed by atoms with Crippen molar-refractivity contribution in [2.45, 2.75) is 49.8 Å². The minimum absolute atomic E-state index is 0.177. The molecule has 1 fully saturated rings. The molecule has 2 atom stereocenters. The van der Waals surface area contributed by atoms with Gasteiger partial charge in [0.2, 0.25) is 0 Å². The van der Waals surface area contributed by atoms with Crippen molar-refractivity contribution >= 4 is 16.2 Å². The summed E-state index contributed by atoms with van der Waals surface area (Å²) in [6.45, 7) is 3.17. The van der Waals surface area contributed by atoms with E-state index in [1.54, 1.807) is 24.3 Å². The van der Waals surface area contributed by atoms with Crippen molar-refractivity contribution in [3.05, 3.63) is 64.7 Å². The molecule has 4 rings (SSSR count). The third-order valence-corrected chi connectivity index (χ3v) is 7.52. The van der Waals surface area contributed by atoms with Crippen LogP contribution in [0.4, 0.5) is 4.79 Å². The highest BCUT2D eigenvalue weighted by atomic mass is 32.2. The number of ether oxygens (including phenoxy) is 1. The Morgan fingerprint density at radius 2 is 1.90 bits per heavy atom. The maximum Gasteiger partial charge on any atom is 0.407 e. The lowest BCUT2D eigenvalue weighted by molar-refractivity contribution is 0.136. The van der Waals surface area contributed by atoms with Crippen molar-refractivity contribution in [2.75, 3.05) is 19.8 Å². The molecule has 0 radical (unpaired) electrons. The van der Waals surface area contributed by atoms with Crippen LogP contribution in [0.3, 0.4) is 0 Å². The van der Waals surface area contributed by atoms with Gasteiger partial charge in [-0.3, -0.25) is 4.18 Å². The number of aryl methyl sites for hydroxylation is 2. The van der Waals surface area contributed by atoms with Gasteiger partial charge < -0.3 is 10.1 Å². The summed E-state index contributed by atoms with van der Waals surface area (Å²) in [6, 6.07) is 13.3. The molecule has 1 N–H and O–H groups in total. The normalized spacial score (nSPS) is 21.9. The van der Waals surface area contributed by atoms with Gasteiger partial charge in [-0.1, -0.05) is 35.9 Å². The number of benzene rings is 2. The number of nitrogens with one attached hydrogen (secondary N) is 1. The van der Waals surface area contributed by atoms with E-state index >= 15 is 0 Å². The monoisotopic (exact) mass is 443 g/mol. The van der Waals surface area contributed by atoms with Gasteiger partial charge in [0, 0.05) is 12.5 Å². The maximum atomic E-state index is 12.5. The third kappa shape index (κ3) is 5.46. The molecule has 7 heteroatoms. The fourth-order valence-corrected chi connectivity index (χ4v) is 5.32. The molecule has 0 bridgehead atoms. The van der Waals surface area contributed by atoms with Crippen LogP contribution in [0.2, 0.25) is 0 Å². The van der Waals surface area contributed by atoms with Crippen molar-refractivity contribution < 1.29 is 22.1 Å². The molecule has 0 unspecified atom stereocenters. The predicted molar refractivity (Wildman–Crippen MR) is 118 cm³/mol. The minimum atomic E-state index is -3.73. The summed E-state index contributed by atoms with van der Waals surface area (Å²) in [5.74, 6) is 0.468. The van der Waals surface area contributed by atoms with Crippen LogP contribution in [0.1, 0.15) is 47.4 Å². The van der Waals surface area contributed by atoms with E-state index in [2.05, 4.69) is 23.5 Å². The summed E-state index contributed by atoms with van der Waals surface area (Å²) in [5.41, 5.74) is 4.84. The number of hydrogen-bond donors (Lipinski definition) is 1. The van der Waals surface area contributed by atoms with Gasteiger partial charge in [-0.05, 0) is 73.8 Å². The van der Waals surface area contributed by atoms with Crippen molar-refractivity contribution in [1.29, 1.82) is 0 Å². The molecule has 1 aliphatic carbocycles. The molecule has 6 nitrogen and oxygen atoms in total. The largest absolute Gasteiger partial charge is 0.450 e. The van der Waals surface area contributed by atoms with Gasteiger partial charge in [-0.15, -0.1) is 0 Å². The van der Waals surface area contributed by atoms with E-state index in [4.69, 9.17) is 8.92 Å². The number of hydrogen-bond acceptors (Lipinski definition) is 5. The van der Waals surface area contributed by atoms with Crippen LogP contribution in [0.25, 0.3) is 0 Å². The molecular weight excluding hydrogens is 414 g/mol. The van der Waals surface area contributed by atoms with Crippen LogP contribution < -0.4 is 5.32 Å². The van der Waals surface area contributed by atoms with Gasteiger partial charge in [0.1, 0.15) is 0 Å². The number of amides is 1. The van der Waals surface area contributed by atoms with E-state index in [0.29, 0.717) is 19.1 Å². The van der Waals surface area contributed by atoms with Gasteiger partial charge in [-0.25, -0.2) is 4.79 Å². The first-order chi connectivity index (χ1) is 14.9. The Morgan fingerprint density at radius 3 is 2.71 bits per heavy atom. The summed E-state index contributed by atoms with van der Waals surface area (Å²) >= 11 is 0.